The molecule has 0 aromatic heterocycles. The van der Waals surface area contributed by atoms with Crippen LogP contribution in [0.4, 0.5) is 8.78 Å². The molecule has 0 aliphatic carbocycles. The van der Waals surface area contributed by atoms with Crippen LogP contribution in [0, 0.1) is 11.6 Å². The Morgan fingerprint density at radius 3 is 2.64 bits per heavy atom. The summed E-state index contributed by atoms with van der Waals surface area (Å²) in [6.07, 6.45) is 1.62. The zero-order valence-corrected chi connectivity index (χ0v) is 20.0. The fourth-order valence-corrected chi connectivity index (χ4v) is 5.81. The summed E-state index contributed by atoms with van der Waals surface area (Å²) in [5, 5.41) is 0.179. The van der Waals surface area contributed by atoms with Crippen LogP contribution >= 0.6 is 11.8 Å². The molecule has 0 N–H and O–H groups in total. The maximum atomic E-state index is 14.4. The molecule has 2 aliphatic rings. The fraction of sp³-hybridized carbons (Fsp3) is 0.480. The molecule has 2 fully saturated rings. The van der Waals surface area contributed by atoms with Crippen LogP contribution in [0.1, 0.15) is 18.4 Å². The minimum Gasteiger partial charge on any atom is -0.497 e. The molecule has 2 aromatic carbocycles. The summed E-state index contributed by atoms with van der Waals surface area (Å²) in [4.78, 5) is 20.9. The summed E-state index contributed by atoms with van der Waals surface area (Å²) < 4.78 is 33.4. The number of nitrogens with zero attached hydrogens (tertiary/aromatic N) is 3. The van der Waals surface area contributed by atoms with Crippen molar-refractivity contribution in [1.29, 1.82) is 0 Å². The zero-order valence-electron chi connectivity index (χ0n) is 19.2. The lowest BCUT2D eigenvalue weighted by Crippen LogP contribution is -2.46. The average molecular weight is 476 g/mol. The van der Waals surface area contributed by atoms with Gasteiger partial charge in [0, 0.05) is 48.4 Å². The maximum absolute atomic E-state index is 14.4. The van der Waals surface area contributed by atoms with E-state index in [4.69, 9.17) is 4.74 Å². The first-order valence-electron chi connectivity index (χ1n) is 11.4. The van der Waals surface area contributed by atoms with Gasteiger partial charge in [0.2, 0.25) is 5.91 Å². The Hall–Kier alpha value is -2.16. The smallest absolute Gasteiger partial charge is 0.240 e. The molecule has 2 saturated heterocycles. The van der Waals surface area contributed by atoms with Crippen LogP contribution in [0.25, 0.3) is 0 Å². The summed E-state index contributed by atoms with van der Waals surface area (Å²) in [6, 6.07) is 11.1. The highest BCUT2D eigenvalue weighted by atomic mass is 32.2. The van der Waals surface area contributed by atoms with Gasteiger partial charge in [-0.15, -0.1) is 11.8 Å². The number of hydrogen-bond acceptors (Lipinski definition) is 5. The van der Waals surface area contributed by atoms with Crippen molar-refractivity contribution in [3.63, 3.8) is 0 Å². The number of likely N-dealkylation sites (tertiary alicyclic amines) is 1. The number of thioether (sulfide) groups is 1. The van der Waals surface area contributed by atoms with Gasteiger partial charge in [0.25, 0.3) is 0 Å². The molecule has 1 amide bonds. The molecule has 0 radical (unpaired) electrons. The number of carbonyl (C=O) groups is 1. The van der Waals surface area contributed by atoms with Gasteiger partial charge in [-0.25, -0.2) is 8.78 Å². The second-order valence-electron chi connectivity index (χ2n) is 8.81. The summed E-state index contributed by atoms with van der Waals surface area (Å²) in [5.74, 6) is -0.00783. The summed E-state index contributed by atoms with van der Waals surface area (Å²) in [7, 11) is 3.71. The highest BCUT2D eigenvalue weighted by Crippen LogP contribution is 2.35. The molecule has 2 aliphatic heterocycles. The third kappa shape index (κ3) is 6.05. The molecule has 0 unspecified atom stereocenters. The van der Waals surface area contributed by atoms with E-state index in [0.717, 1.165) is 48.8 Å². The Balaban J connectivity index is 1.52. The molecule has 4 rings (SSSR count). The lowest BCUT2D eigenvalue weighted by molar-refractivity contribution is -0.136. The van der Waals surface area contributed by atoms with E-state index in [-0.39, 0.29) is 23.7 Å². The molecule has 2 heterocycles. The van der Waals surface area contributed by atoms with Gasteiger partial charge < -0.3 is 14.5 Å². The number of carbonyl (C=O) groups excluding carboxylic acids is 1. The maximum Gasteiger partial charge on any atom is 0.240 e. The molecule has 0 bridgehead atoms. The second kappa shape index (κ2) is 10.8. The third-order valence-corrected chi connectivity index (χ3v) is 7.64. The van der Waals surface area contributed by atoms with Crippen molar-refractivity contribution in [2.75, 3.05) is 46.9 Å². The van der Waals surface area contributed by atoms with Crippen molar-refractivity contribution in [3.05, 3.63) is 59.7 Å². The molecule has 178 valence electrons. The van der Waals surface area contributed by atoms with Gasteiger partial charge in [-0.05, 0) is 68.9 Å². The molecule has 0 spiro atoms. The van der Waals surface area contributed by atoms with Gasteiger partial charge in [-0.3, -0.25) is 9.69 Å². The fourth-order valence-electron chi connectivity index (χ4n) is 4.59. The zero-order chi connectivity index (χ0) is 23.4. The van der Waals surface area contributed by atoms with E-state index >= 15 is 0 Å². The van der Waals surface area contributed by atoms with Crippen LogP contribution in [0.5, 0.6) is 5.75 Å². The molecule has 0 saturated carbocycles. The number of likely N-dealkylation sites (N-methyl/N-ethyl adjacent to an activating group) is 1. The van der Waals surface area contributed by atoms with Gasteiger partial charge in [0.05, 0.1) is 13.2 Å². The quantitative estimate of drug-likeness (QED) is 0.634. The normalized spacial score (nSPS) is 22.4. The number of halogens is 2. The van der Waals surface area contributed by atoms with E-state index in [1.807, 2.05) is 34.1 Å². The average Bonchev–Trinajstić information content (AvgIpc) is 3.06. The number of hydrogen-bond donors (Lipinski definition) is 0. The number of amides is 1. The van der Waals surface area contributed by atoms with Crippen LogP contribution in [0.3, 0.4) is 0 Å². The highest BCUT2D eigenvalue weighted by Gasteiger charge is 2.39. The number of methoxy groups -OCH3 is 1. The number of rotatable bonds is 6. The van der Waals surface area contributed by atoms with E-state index in [1.165, 1.54) is 6.07 Å². The van der Waals surface area contributed by atoms with Crippen molar-refractivity contribution < 1.29 is 18.3 Å². The Kier molecular flexibility index (Phi) is 7.88. The van der Waals surface area contributed by atoms with Crippen molar-refractivity contribution in [3.8, 4) is 5.75 Å². The monoisotopic (exact) mass is 475 g/mol. The Morgan fingerprint density at radius 2 is 1.88 bits per heavy atom. The first kappa shape index (κ1) is 24.0. The number of benzene rings is 2. The van der Waals surface area contributed by atoms with Gasteiger partial charge >= 0.3 is 0 Å². The van der Waals surface area contributed by atoms with Crippen LogP contribution in [-0.4, -0.2) is 78.8 Å². The molecular formula is C25H31F2N3O2S. The Morgan fingerprint density at radius 1 is 1.09 bits per heavy atom. The van der Waals surface area contributed by atoms with E-state index in [9.17, 15) is 13.6 Å². The van der Waals surface area contributed by atoms with E-state index in [1.54, 1.807) is 18.9 Å². The first-order valence-corrected chi connectivity index (χ1v) is 12.3. The molecule has 8 heteroatoms. The Bertz CT molecular complexity index is 959. The molecular weight excluding hydrogens is 444 g/mol. The van der Waals surface area contributed by atoms with Crippen LogP contribution in [0.15, 0.2) is 47.4 Å². The SMILES string of the molecule is COc1ccc(S[C@@H]2C[C@@H](C(=O)N3CCCN(C)CC3)N(Cc3cc(F)ccc3F)C2)cc1. The molecule has 2 aromatic rings. The number of ether oxygens (including phenoxy) is 1. The topological polar surface area (TPSA) is 36.0 Å². The molecule has 33 heavy (non-hydrogen) atoms. The summed E-state index contributed by atoms with van der Waals surface area (Å²) in [5.41, 5.74) is 0.290. The predicted octanol–water partition coefficient (Wildman–Crippen LogP) is 3.87. The second-order valence-corrected chi connectivity index (χ2v) is 10.2. The summed E-state index contributed by atoms with van der Waals surface area (Å²) in [6.45, 7) is 4.11. The van der Waals surface area contributed by atoms with Gasteiger partial charge in [0.1, 0.15) is 17.4 Å². The molecule has 2 atom stereocenters. The van der Waals surface area contributed by atoms with Crippen molar-refractivity contribution in [2.45, 2.75) is 35.6 Å². The highest BCUT2D eigenvalue weighted by molar-refractivity contribution is 8.00. The van der Waals surface area contributed by atoms with E-state index in [2.05, 4.69) is 11.9 Å². The third-order valence-electron chi connectivity index (χ3n) is 6.42. The standard InChI is InChI=1S/C25H31F2N3O2S/c1-28-10-3-11-29(13-12-28)25(31)24-15-22(33-21-7-5-20(32-2)6-8-21)17-30(24)16-18-14-19(26)4-9-23(18)27/h4-9,14,22,24H,3,10-13,15-17H2,1-2H3/t22-,24+/m1/s1. The van der Waals surface area contributed by atoms with Crippen LogP contribution in [0.2, 0.25) is 0 Å². The molecule has 5 nitrogen and oxygen atoms in total. The van der Waals surface area contributed by atoms with Gasteiger partial charge in [0.15, 0.2) is 0 Å². The largest absolute Gasteiger partial charge is 0.497 e. The van der Waals surface area contributed by atoms with Gasteiger partial charge in [-0.1, -0.05) is 0 Å². The van der Waals surface area contributed by atoms with E-state index in [0.29, 0.717) is 25.1 Å². The lowest BCUT2D eigenvalue weighted by Gasteiger charge is -2.29. The van der Waals surface area contributed by atoms with E-state index < -0.39 is 11.6 Å². The lowest BCUT2D eigenvalue weighted by atomic mass is 10.1. The van der Waals surface area contributed by atoms with Crippen LogP contribution < -0.4 is 4.74 Å². The van der Waals surface area contributed by atoms with Crippen molar-refractivity contribution >= 4 is 17.7 Å². The van der Waals surface area contributed by atoms with Crippen molar-refractivity contribution in [1.82, 2.24) is 14.7 Å². The minimum absolute atomic E-state index is 0.0972. The minimum atomic E-state index is -0.465. The summed E-state index contributed by atoms with van der Waals surface area (Å²) >= 11 is 1.72. The van der Waals surface area contributed by atoms with Crippen molar-refractivity contribution in [2.24, 2.45) is 0 Å². The van der Waals surface area contributed by atoms with Gasteiger partial charge in [-0.2, -0.15) is 0 Å². The Labute approximate surface area is 198 Å². The predicted molar refractivity (Wildman–Crippen MR) is 127 cm³/mol. The first-order chi connectivity index (χ1) is 15.9. The van der Waals surface area contributed by atoms with Crippen LogP contribution in [-0.2, 0) is 11.3 Å².